The van der Waals surface area contributed by atoms with Gasteiger partial charge in [-0.3, -0.25) is 4.79 Å². The van der Waals surface area contributed by atoms with Gasteiger partial charge in [-0.25, -0.2) is 4.79 Å². The fraction of sp³-hybridized carbons (Fsp3) is 0.389. The monoisotopic (exact) mass is 343 g/mol. The first-order valence-corrected chi connectivity index (χ1v) is 8.34. The molecule has 1 fully saturated rings. The SMILES string of the molecule is Cc1noc(N)c1C(=O)O[C@H](C(=O)N1CCCCC1)c1ccccc1. The zero-order chi connectivity index (χ0) is 17.8. The summed E-state index contributed by atoms with van der Waals surface area (Å²) in [4.78, 5) is 27.2. The minimum Gasteiger partial charge on any atom is -0.443 e. The number of carbonyl (C=O) groups is 2. The van der Waals surface area contributed by atoms with Crippen LogP contribution in [0.25, 0.3) is 0 Å². The van der Waals surface area contributed by atoms with Gasteiger partial charge in [0, 0.05) is 18.7 Å². The minimum absolute atomic E-state index is 0.0624. The normalized spacial score (nSPS) is 15.6. The third-order valence-corrected chi connectivity index (χ3v) is 4.31. The summed E-state index contributed by atoms with van der Waals surface area (Å²) in [5, 5.41) is 3.66. The van der Waals surface area contributed by atoms with E-state index in [0.717, 1.165) is 19.3 Å². The molecule has 1 aliphatic heterocycles. The van der Waals surface area contributed by atoms with Gasteiger partial charge in [0.1, 0.15) is 5.56 Å². The van der Waals surface area contributed by atoms with Gasteiger partial charge < -0.3 is 19.9 Å². The molecule has 25 heavy (non-hydrogen) atoms. The molecule has 7 nitrogen and oxygen atoms in total. The Labute approximate surface area is 145 Å². The molecule has 1 amide bonds. The number of hydrogen-bond donors (Lipinski definition) is 1. The van der Waals surface area contributed by atoms with E-state index in [0.29, 0.717) is 24.3 Å². The number of nitrogen functional groups attached to an aromatic ring is 1. The fourth-order valence-corrected chi connectivity index (χ4v) is 2.97. The molecular formula is C18H21N3O4. The molecule has 7 heteroatoms. The van der Waals surface area contributed by atoms with Crippen LogP contribution in [0.1, 0.15) is 47.0 Å². The summed E-state index contributed by atoms with van der Waals surface area (Å²) in [6.45, 7) is 2.95. The highest BCUT2D eigenvalue weighted by Crippen LogP contribution is 2.26. The molecule has 1 saturated heterocycles. The van der Waals surface area contributed by atoms with E-state index < -0.39 is 12.1 Å². The van der Waals surface area contributed by atoms with Crippen molar-refractivity contribution in [1.82, 2.24) is 10.1 Å². The number of carbonyl (C=O) groups excluding carboxylic acids is 2. The molecule has 0 radical (unpaired) electrons. The maximum Gasteiger partial charge on any atom is 0.346 e. The van der Waals surface area contributed by atoms with Gasteiger partial charge in [-0.1, -0.05) is 35.5 Å². The van der Waals surface area contributed by atoms with Gasteiger partial charge in [-0.15, -0.1) is 0 Å². The third-order valence-electron chi connectivity index (χ3n) is 4.31. The largest absolute Gasteiger partial charge is 0.443 e. The van der Waals surface area contributed by atoms with Crippen LogP contribution in [-0.2, 0) is 9.53 Å². The quantitative estimate of drug-likeness (QED) is 0.856. The van der Waals surface area contributed by atoms with Gasteiger partial charge in [0.15, 0.2) is 0 Å². The van der Waals surface area contributed by atoms with Crippen molar-refractivity contribution < 1.29 is 18.8 Å². The topological polar surface area (TPSA) is 98.7 Å². The molecule has 1 aromatic heterocycles. The molecule has 2 heterocycles. The number of aryl methyl sites for hydroxylation is 1. The third kappa shape index (κ3) is 3.65. The fourth-order valence-electron chi connectivity index (χ4n) is 2.97. The molecule has 0 bridgehead atoms. The van der Waals surface area contributed by atoms with Crippen LogP contribution in [0, 0.1) is 6.92 Å². The van der Waals surface area contributed by atoms with Gasteiger partial charge >= 0.3 is 5.97 Å². The number of nitrogens with zero attached hydrogens (tertiary/aromatic N) is 2. The number of rotatable bonds is 4. The average Bonchev–Trinajstić information content (AvgIpc) is 2.99. The number of esters is 1. The van der Waals surface area contributed by atoms with Crippen LogP contribution in [0.15, 0.2) is 34.9 Å². The highest BCUT2D eigenvalue weighted by atomic mass is 16.6. The number of likely N-dealkylation sites (tertiary alicyclic amines) is 1. The Morgan fingerprint density at radius 2 is 1.88 bits per heavy atom. The summed E-state index contributed by atoms with van der Waals surface area (Å²) < 4.78 is 10.4. The second-order valence-corrected chi connectivity index (χ2v) is 6.09. The van der Waals surface area contributed by atoms with Gasteiger partial charge in [0.2, 0.25) is 12.0 Å². The van der Waals surface area contributed by atoms with E-state index >= 15 is 0 Å². The van der Waals surface area contributed by atoms with Crippen molar-refractivity contribution in [2.45, 2.75) is 32.3 Å². The number of piperidine rings is 1. The molecule has 2 aromatic rings. The van der Waals surface area contributed by atoms with E-state index in [4.69, 9.17) is 15.0 Å². The van der Waals surface area contributed by atoms with Crippen LogP contribution < -0.4 is 5.73 Å². The number of benzene rings is 1. The first-order valence-electron chi connectivity index (χ1n) is 8.34. The van der Waals surface area contributed by atoms with Crippen LogP contribution in [0.2, 0.25) is 0 Å². The summed E-state index contributed by atoms with van der Waals surface area (Å²) in [6, 6.07) is 8.99. The van der Waals surface area contributed by atoms with Crippen molar-refractivity contribution in [3.05, 3.63) is 47.2 Å². The van der Waals surface area contributed by atoms with Gasteiger partial charge in [-0.2, -0.15) is 0 Å². The van der Waals surface area contributed by atoms with E-state index in [-0.39, 0.29) is 17.4 Å². The van der Waals surface area contributed by atoms with Crippen molar-refractivity contribution in [2.75, 3.05) is 18.8 Å². The highest BCUT2D eigenvalue weighted by molar-refractivity contribution is 5.96. The molecule has 0 aliphatic carbocycles. The van der Waals surface area contributed by atoms with Crippen molar-refractivity contribution in [2.24, 2.45) is 0 Å². The number of anilines is 1. The number of aromatic nitrogens is 1. The number of nitrogens with two attached hydrogens (primary N) is 1. The molecule has 0 unspecified atom stereocenters. The maximum absolute atomic E-state index is 13.0. The van der Waals surface area contributed by atoms with Crippen LogP contribution in [0.5, 0.6) is 0 Å². The van der Waals surface area contributed by atoms with Crippen molar-refractivity contribution in [1.29, 1.82) is 0 Å². The average molecular weight is 343 g/mol. The lowest BCUT2D eigenvalue weighted by atomic mass is 10.1. The van der Waals surface area contributed by atoms with E-state index in [9.17, 15) is 9.59 Å². The van der Waals surface area contributed by atoms with Crippen molar-refractivity contribution in [3.8, 4) is 0 Å². The second kappa shape index (κ2) is 7.38. The van der Waals surface area contributed by atoms with E-state index in [2.05, 4.69) is 5.16 Å². The molecule has 2 N–H and O–H groups in total. The predicted molar refractivity (Wildman–Crippen MR) is 90.7 cm³/mol. The standard InChI is InChI=1S/C18H21N3O4/c1-12-14(16(19)25-20-12)18(23)24-15(13-8-4-2-5-9-13)17(22)21-10-6-3-7-11-21/h2,4-5,8-9,15H,3,6-7,10-11,19H2,1H3/t15-/m0/s1. The smallest absolute Gasteiger partial charge is 0.346 e. The molecule has 1 aliphatic rings. The molecule has 0 spiro atoms. The summed E-state index contributed by atoms with van der Waals surface area (Å²) in [6.07, 6.45) is 2.01. The van der Waals surface area contributed by atoms with Crippen LogP contribution in [-0.4, -0.2) is 35.0 Å². The lowest BCUT2D eigenvalue weighted by Crippen LogP contribution is -2.40. The number of hydrogen-bond acceptors (Lipinski definition) is 6. The van der Waals surface area contributed by atoms with Gasteiger partial charge in [-0.05, 0) is 26.2 Å². The summed E-state index contributed by atoms with van der Waals surface area (Å²) >= 11 is 0. The molecule has 1 atom stereocenters. The summed E-state index contributed by atoms with van der Waals surface area (Å²) in [7, 11) is 0. The predicted octanol–water partition coefficient (Wildman–Crippen LogP) is 2.48. The molecule has 3 rings (SSSR count). The summed E-state index contributed by atoms with van der Waals surface area (Å²) in [5.41, 5.74) is 6.67. The Morgan fingerprint density at radius 1 is 1.20 bits per heavy atom. The van der Waals surface area contributed by atoms with Crippen LogP contribution >= 0.6 is 0 Å². The molecular weight excluding hydrogens is 322 g/mol. The Bertz CT molecular complexity index is 731. The Kier molecular flexibility index (Phi) is 5.02. The number of ether oxygens (including phenoxy) is 1. The second-order valence-electron chi connectivity index (χ2n) is 6.09. The van der Waals surface area contributed by atoms with E-state index in [1.807, 2.05) is 6.07 Å². The molecule has 1 aromatic carbocycles. The van der Waals surface area contributed by atoms with Crippen LogP contribution in [0.4, 0.5) is 5.88 Å². The van der Waals surface area contributed by atoms with E-state index in [1.54, 1.807) is 36.1 Å². The Morgan fingerprint density at radius 3 is 2.48 bits per heavy atom. The first-order chi connectivity index (χ1) is 12.1. The Balaban J connectivity index is 1.86. The zero-order valence-electron chi connectivity index (χ0n) is 14.1. The van der Waals surface area contributed by atoms with Gasteiger partial charge in [0.05, 0.1) is 5.69 Å². The Hall–Kier alpha value is -2.83. The number of amides is 1. The minimum atomic E-state index is -1.01. The highest BCUT2D eigenvalue weighted by Gasteiger charge is 2.32. The maximum atomic E-state index is 13.0. The van der Waals surface area contributed by atoms with Crippen LogP contribution in [0.3, 0.4) is 0 Å². The lowest BCUT2D eigenvalue weighted by molar-refractivity contribution is -0.142. The van der Waals surface area contributed by atoms with E-state index in [1.165, 1.54) is 0 Å². The molecule has 132 valence electrons. The van der Waals surface area contributed by atoms with Crippen molar-refractivity contribution >= 4 is 17.8 Å². The van der Waals surface area contributed by atoms with Crippen molar-refractivity contribution in [3.63, 3.8) is 0 Å². The first kappa shape index (κ1) is 17.0. The van der Waals surface area contributed by atoms with Gasteiger partial charge in [0.25, 0.3) is 5.91 Å². The lowest BCUT2D eigenvalue weighted by Gasteiger charge is -2.30. The zero-order valence-corrected chi connectivity index (χ0v) is 14.1. The summed E-state index contributed by atoms with van der Waals surface area (Å²) in [5.74, 6) is -1.04. The molecule has 0 saturated carbocycles.